The van der Waals surface area contributed by atoms with E-state index in [2.05, 4.69) is 0 Å². The van der Waals surface area contributed by atoms with Crippen molar-refractivity contribution in [2.45, 2.75) is 36.8 Å². The Morgan fingerprint density at radius 2 is 1.68 bits per heavy atom. The lowest BCUT2D eigenvalue weighted by Gasteiger charge is -2.36. The first-order valence-electron chi connectivity index (χ1n) is 9.59. The van der Waals surface area contributed by atoms with E-state index in [0.29, 0.717) is 49.1 Å². The summed E-state index contributed by atoms with van der Waals surface area (Å²) in [4.78, 5) is 0.307. The second-order valence-electron chi connectivity index (χ2n) is 7.23. The zero-order chi connectivity index (χ0) is 19.6. The topological polar surface area (TPSA) is 65.1 Å². The van der Waals surface area contributed by atoms with E-state index in [9.17, 15) is 8.42 Å². The first kappa shape index (κ1) is 19.2. The van der Waals surface area contributed by atoms with Crippen LogP contribution in [0.4, 0.5) is 0 Å². The number of ether oxygens (including phenoxy) is 3. The van der Waals surface area contributed by atoms with Crippen LogP contribution in [0.2, 0.25) is 0 Å². The summed E-state index contributed by atoms with van der Waals surface area (Å²) in [5.41, 5.74) is 1.03. The van der Waals surface area contributed by atoms with Gasteiger partial charge in [0.1, 0.15) is 12.7 Å². The van der Waals surface area contributed by atoms with Gasteiger partial charge in [0.25, 0.3) is 0 Å². The molecule has 7 heteroatoms. The summed E-state index contributed by atoms with van der Waals surface area (Å²) in [6.07, 6.45) is 0.989. The van der Waals surface area contributed by atoms with E-state index in [1.807, 2.05) is 43.3 Å². The second kappa shape index (κ2) is 8.11. The maximum absolute atomic E-state index is 13.5. The molecular weight excluding hydrogens is 378 g/mol. The van der Waals surface area contributed by atoms with Gasteiger partial charge in [0, 0.05) is 19.3 Å². The summed E-state index contributed by atoms with van der Waals surface area (Å²) in [6.45, 7) is 3.64. The van der Waals surface area contributed by atoms with Gasteiger partial charge in [-0.05, 0) is 44.0 Å². The van der Waals surface area contributed by atoms with Crippen molar-refractivity contribution in [1.82, 2.24) is 4.31 Å². The lowest BCUT2D eigenvalue weighted by molar-refractivity contribution is 0.0336. The SMILES string of the molecule is Cc1ccc(S(=O)(=O)N(CC2COc3ccccc3O2)C2CCOCC2)cc1. The summed E-state index contributed by atoms with van der Waals surface area (Å²) in [5, 5.41) is 0. The minimum Gasteiger partial charge on any atom is -0.486 e. The summed E-state index contributed by atoms with van der Waals surface area (Å²) in [7, 11) is -3.65. The van der Waals surface area contributed by atoms with Crippen molar-refractivity contribution in [1.29, 1.82) is 0 Å². The normalized spacial score (nSPS) is 20.3. The Kier molecular flexibility index (Phi) is 5.57. The predicted octanol–water partition coefficient (Wildman–Crippen LogP) is 3.00. The van der Waals surface area contributed by atoms with Crippen LogP contribution in [0.3, 0.4) is 0 Å². The minimum absolute atomic E-state index is 0.110. The van der Waals surface area contributed by atoms with Crippen LogP contribution in [0.5, 0.6) is 11.5 Å². The fraction of sp³-hybridized carbons (Fsp3) is 0.429. The molecule has 0 radical (unpaired) electrons. The van der Waals surface area contributed by atoms with Crippen LogP contribution in [0.15, 0.2) is 53.4 Å². The quantitative estimate of drug-likeness (QED) is 0.768. The van der Waals surface area contributed by atoms with E-state index >= 15 is 0 Å². The highest BCUT2D eigenvalue weighted by Gasteiger charge is 2.36. The van der Waals surface area contributed by atoms with E-state index in [1.54, 1.807) is 16.4 Å². The number of sulfonamides is 1. The maximum atomic E-state index is 13.5. The molecular formula is C21H25NO5S. The number of fused-ring (bicyclic) bond motifs is 1. The lowest BCUT2D eigenvalue weighted by Crippen LogP contribution is -2.49. The van der Waals surface area contributed by atoms with Crippen molar-refractivity contribution in [2.75, 3.05) is 26.4 Å². The molecule has 0 N–H and O–H groups in total. The molecule has 6 nitrogen and oxygen atoms in total. The highest BCUT2D eigenvalue weighted by atomic mass is 32.2. The summed E-state index contributed by atoms with van der Waals surface area (Å²) in [6, 6.07) is 14.3. The first-order chi connectivity index (χ1) is 13.5. The molecule has 0 aromatic heterocycles. The molecule has 2 heterocycles. The van der Waals surface area contributed by atoms with E-state index in [0.717, 1.165) is 5.56 Å². The van der Waals surface area contributed by atoms with Gasteiger partial charge in [-0.1, -0.05) is 29.8 Å². The fourth-order valence-electron chi connectivity index (χ4n) is 3.62. The van der Waals surface area contributed by atoms with E-state index in [-0.39, 0.29) is 18.7 Å². The molecule has 0 bridgehead atoms. The number of nitrogens with zero attached hydrogens (tertiary/aromatic N) is 1. The van der Waals surface area contributed by atoms with Gasteiger partial charge in [-0.15, -0.1) is 0 Å². The Morgan fingerprint density at radius 3 is 2.39 bits per heavy atom. The third-order valence-electron chi connectivity index (χ3n) is 5.18. The highest BCUT2D eigenvalue weighted by molar-refractivity contribution is 7.89. The molecule has 2 aromatic carbocycles. The minimum atomic E-state index is -3.65. The average Bonchev–Trinajstić information content (AvgIpc) is 2.73. The molecule has 1 saturated heterocycles. The Hall–Kier alpha value is -2.09. The van der Waals surface area contributed by atoms with Gasteiger partial charge in [0.15, 0.2) is 11.5 Å². The molecule has 1 fully saturated rings. The van der Waals surface area contributed by atoms with Crippen LogP contribution < -0.4 is 9.47 Å². The number of aryl methyl sites for hydroxylation is 1. The number of hydrogen-bond donors (Lipinski definition) is 0. The van der Waals surface area contributed by atoms with Gasteiger partial charge in [-0.2, -0.15) is 4.31 Å². The molecule has 1 atom stereocenters. The van der Waals surface area contributed by atoms with Crippen molar-refractivity contribution in [3.05, 3.63) is 54.1 Å². The molecule has 28 heavy (non-hydrogen) atoms. The second-order valence-corrected chi connectivity index (χ2v) is 9.12. The van der Waals surface area contributed by atoms with E-state index in [4.69, 9.17) is 14.2 Å². The molecule has 0 aliphatic carbocycles. The Labute approximate surface area is 166 Å². The molecule has 0 amide bonds. The van der Waals surface area contributed by atoms with Crippen molar-refractivity contribution in [3.8, 4) is 11.5 Å². The Morgan fingerprint density at radius 1 is 1.00 bits per heavy atom. The monoisotopic (exact) mass is 403 g/mol. The van der Waals surface area contributed by atoms with Gasteiger partial charge in [-0.25, -0.2) is 8.42 Å². The van der Waals surface area contributed by atoms with Gasteiger partial charge in [0.2, 0.25) is 10.0 Å². The Bertz CT molecular complexity index is 907. The van der Waals surface area contributed by atoms with Crippen molar-refractivity contribution in [2.24, 2.45) is 0 Å². The third kappa shape index (κ3) is 4.01. The zero-order valence-corrected chi connectivity index (χ0v) is 16.7. The molecule has 0 spiro atoms. The summed E-state index contributed by atoms with van der Waals surface area (Å²) in [5.74, 6) is 1.34. The molecule has 1 unspecified atom stereocenters. The zero-order valence-electron chi connectivity index (χ0n) is 15.9. The van der Waals surface area contributed by atoms with Gasteiger partial charge < -0.3 is 14.2 Å². The van der Waals surface area contributed by atoms with Gasteiger partial charge in [-0.3, -0.25) is 0 Å². The summed E-state index contributed by atoms with van der Waals surface area (Å²) < 4.78 is 45.8. The van der Waals surface area contributed by atoms with Gasteiger partial charge in [0.05, 0.1) is 11.4 Å². The average molecular weight is 404 g/mol. The predicted molar refractivity (Wildman–Crippen MR) is 105 cm³/mol. The van der Waals surface area contributed by atoms with E-state index < -0.39 is 10.0 Å². The van der Waals surface area contributed by atoms with Gasteiger partial charge >= 0.3 is 0 Å². The first-order valence-corrected chi connectivity index (χ1v) is 11.0. The van der Waals surface area contributed by atoms with Crippen molar-refractivity contribution >= 4 is 10.0 Å². The van der Waals surface area contributed by atoms with Crippen LogP contribution in [-0.4, -0.2) is 51.2 Å². The highest BCUT2D eigenvalue weighted by Crippen LogP contribution is 2.32. The molecule has 150 valence electrons. The number of para-hydroxylation sites is 2. The number of hydrogen-bond acceptors (Lipinski definition) is 5. The number of rotatable bonds is 5. The molecule has 2 aromatic rings. The van der Waals surface area contributed by atoms with Crippen LogP contribution >= 0.6 is 0 Å². The Balaban J connectivity index is 1.60. The lowest BCUT2D eigenvalue weighted by atomic mass is 10.1. The fourth-order valence-corrected chi connectivity index (χ4v) is 5.33. The maximum Gasteiger partial charge on any atom is 0.243 e. The summed E-state index contributed by atoms with van der Waals surface area (Å²) >= 11 is 0. The number of benzene rings is 2. The van der Waals surface area contributed by atoms with Crippen LogP contribution in [0.25, 0.3) is 0 Å². The standard InChI is InChI=1S/C21H25NO5S/c1-16-6-8-19(9-7-16)28(23,24)22(17-10-12-25-13-11-17)14-18-15-26-20-4-2-3-5-21(20)27-18/h2-9,17-18H,10-15H2,1H3. The molecule has 2 aliphatic rings. The van der Waals surface area contributed by atoms with Crippen LogP contribution in [-0.2, 0) is 14.8 Å². The van der Waals surface area contributed by atoms with E-state index in [1.165, 1.54) is 0 Å². The largest absolute Gasteiger partial charge is 0.486 e. The van der Waals surface area contributed by atoms with Crippen molar-refractivity contribution in [3.63, 3.8) is 0 Å². The third-order valence-corrected chi connectivity index (χ3v) is 7.11. The van der Waals surface area contributed by atoms with Crippen LogP contribution in [0, 0.1) is 6.92 Å². The van der Waals surface area contributed by atoms with Crippen LogP contribution in [0.1, 0.15) is 18.4 Å². The molecule has 2 aliphatic heterocycles. The molecule has 0 saturated carbocycles. The molecule has 4 rings (SSSR count). The smallest absolute Gasteiger partial charge is 0.243 e. The van der Waals surface area contributed by atoms with Crippen molar-refractivity contribution < 1.29 is 22.6 Å².